The number of fused-ring (bicyclic) bond motifs is 5. The van der Waals surface area contributed by atoms with Crippen molar-refractivity contribution in [2.75, 3.05) is 13.9 Å². The van der Waals surface area contributed by atoms with Crippen LogP contribution in [0.4, 0.5) is 0 Å². The summed E-state index contributed by atoms with van der Waals surface area (Å²) in [5, 5.41) is 0. The van der Waals surface area contributed by atoms with Crippen LogP contribution >= 0.6 is 0 Å². The lowest BCUT2D eigenvalue weighted by molar-refractivity contribution is -0.201. The van der Waals surface area contributed by atoms with Gasteiger partial charge in [0.2, 0.25) is 0 Å². The van der Waals surface area contributed by atoms with Gasteiger partial charge in [0.05, 0.1) is 6.10 Å². The summed E-state index contributed by atoms with van der Waals surface area (Å²) < 4.78 is 11.7. The van der Waals surface area contributed by atoms with Crippen LogP contribution < -0.4 is 0 Å². The molecule has 0 aliphatic heterocycles. The first kappa shape index (κ1) is 22.5. The molecule has 0 spiro atoms. The van der Waals surface area contributed by atoms with E-state index in [0.717, 1.165) is 38.4 Å². The van der Waals surface area contributed by atoms with E-state index in [1.165, 1.54) is 25.7 Å². The molecule has 4 rings (SSSR count). The molecule has 0 saturated heterocycles. The Morgan fingerprint density at radius 2 is 1.90 bits per heavy atom. The van der Waals surface area contributed by atoms with Crippen molar-refractivity contribution in [3.05, 3.63) is 0 Å². The van der Waals surface area contributed by atoms with Gasteiger partial charge in [-0.05, 0) is 91.3 Å². The number of carbonyl (C=O) groups is 2. The zero-order valence-electron chi connectivity index (χ0n) is 19.5. The predicted octanol–water partition coefficient (Wildman–Crippen LogP) is 5.43. The zero-order chi connectivity index (χ0) is 21.5. The molecule has 4 nitrogen and oxygen atoms in total. The molecule has 4 saturated carbocycles. The van der Waals surface area contributed by atoms with Crippen molar-refractivity contribution in [2.45, 2.75) is 91.1 Å². The van der Waals surface area contributed by atoms with Crippen LogP contribution in [-0.4, -0.2) is 32.1 Å². The SMILES string of the molecule is COCO[C@@H]1C[C@H]2CC(=O)CC[C@]2(C)[C@H]2CC[C@]3(C)[C@@H]([C@H](C)CCC=O)CC[C@H]3[C@H]12. The molecular weight excluding hydrogens is 376 g/mol. The number of hydrogen-bond donors (Lipinski definition) is 0. The van der Waals surface area contributed by atoms with Crippen molar-refractivity contribution < 1.29 is 19.1 Å². The number of methoxy groups -OCH3 is 1. The molecule has 9 atom stereocenters. The first-order chi connectivity index (χ1) is 14.3. The van der Waals surface area contributed by atoms with E-state index in [4.69, 9.17) is 9.47 Å². The maximum Gasteiger partial charge on any atom is 0.146 e. The highest BCUT2D eigenvalue weighted by molar-refractivity contribution is 5.79. The number of hydrogen-bond acceptors (Lipinski definition) is 4. The standard InChI is InChI=1S/C26H42O4/c1-17(6-5-13-27)20-7-8-21-24-22(10-12-26(20,21)3)25(2)11-9-19(28)14-18(25)15-23(24)30-16-29-4/h13,17-18,20-24H,5-12,14-16H2,1-4H3/t17-,18-,20-,21+,22+,23-,24+,25+,26-/m1/s1. The minimum Gasteiger partial charge on any atom is -0.359 e. The first-order valence-corrected chi connectivity index (χ1v) is 12.4. The molecule has 0 radical (unpaired) electrons. The van der Waals surface area contributed by atoms with E-state index in [2.05, 4.69) is 20.8 Å². The van der Waals surface area contributed by atoms with E-state index in [-0.39, 0.29) is 11.5 Å². The summed E-state index contributed by atoms with van der Waals surface area (Å²) in [5.41, 5.74) is 0.639. The van der Waals surface area contributed by atoms with E-state index in [0.29, 0.717) is 59.9 Å². The Hall–Kier alpha value is -0.740. The van der Waals surface area contributed by atoms with Crippen LogP contribution in [0, 0.1) is 46.3 Å². The van der Waals surface area contributed by atoms with E-state index in [1.54, 1.807) is 7.11 Å². The average Bonchev–Trinajstić information content (AvgIpc) is 3.08. The van der Waals surface area contributed by atoms with Gasteiger partial charge in [0.25, 0.3) is 0 Å². The van der Waals surface area contributed by atoms with Gasteiger partial charge >= 0.3 is 0 Å². The molecule has 4 aliphatic rings. The normalized spacial score (nSPS) is 46.6. The highest BCUT2D eigenvalue weighted by Gasteiger charge is 2.63. The third-order valence-electron chi connectivity index (χ3n) is 10.4. The fourth-order valence-corrected chi connectivity index (χ4v) is 8.83. The van der Waals surface area contributed by atoms with Gasteiger partial charge in [-0.25, -0.2) is 0 Å². The summed E-state index contributed by atoms with van der Waals surface area (Å²) in [6, 6.07) is 0. The molecule has 0 heterocycles. The second-order valence-electron chi connectivity index (χ2n) is 11.5. The topological polar surface area (TPSA) is 52.6 Å². The summed E-state index contributed by atoms with van der Waals surface area (Å²) >= 11 is 0. The summed E-state index contributed by atoms with van der Waals surface area (Å²) in [6.45, 7) is 7.77. The molecule has 0 unspecified atom stereocenters. The van der Waals surface area contributed by atoms with Crippen LogP contribution in [0.25, 0.3) is 0 Å². The van der Waals surface area contributed by atoms with Gasteiger partial charge in [-0.15, -0.1) is 0 Å². The predicted molar refractivity (Wildman–Crippen MR) is 117 cm³/mol. The highest BCUT2D eigenvalue weighted by atomic mass is 16.7. The van der Waals surface area contributed by atoms with Crippen molar-refractivity contribution in [1.82, 2.24) is 0 Å². The second kappa shape index (κ2) is 8.65. The lowest BCUT2D eigenvalue weighted by Crippen LogP contribution is -2.59. The molecular formula is C26H42O4. The average molecular weight is 419 g/mol. The quantitative estimate of drug-likeness (QED) is 0.409. The Morgan fingerprint density at radius 1 is 1.13 bits per heavy atom. The van der Waals surface area contributed by atoms with Crippen molar-refractivity contribution in [3.8, 4) is 0 Å². The number of aldehydes is 1. The molecule has 0 amide bonds. The van der Waals surface area contributed by atoms with Gasteiger partial charge in [0.15, 0.2) is 0 Å². The minimum absolute atomic E-state index is 0.215. The summed E-state index contributed by atoms with van der Waals surface area (Å²) in [6.07, 6.45) is 11.8. The van der Waals surface area contributed by atoms with E-state index < -0.39 is 0 Å². The molecule has 0 aromatic rings. The molecule has 170 valence electrons. The third kappa shape index (κ3) is 3.60. The maximum absolute atomic E-state index is 12.3. The van der Waals surface area contributed by atoms with Crippen LogP contribution in [0.1, 0.15) is 85.0 Å². The number of rotatable bonds is 7. The van der Waals surface area contributed by atoms with Crippen molar-refractivity contribution in [3.63, 3.8) is 0 Å². The van der Waals surface area contributed by atoms with Crippen molar-refractivity contribution in [2.24, 2.45) is 46.3 Å². The molecule has 4 heteroatoms. The molecule has 0 aromatic heterocycles. The molecule has 0 aromatic carbocycles. The van der Waals surface area contributed by atoms with Crippen LogP contribution in [0.3, 0.4) is 0 Å². The summed E-state index contributed by atoms with van der Waals surface area (Å²) in [5.74, 6) is 4.17. The minimum atomic E-state index is 0.215. The van der Waals surface area contributed by atoms with Gasteiger partial charge in [0.1, 0.15) is 18.9 Å². The zero-order valence-corrected chi connectivity index (χ0v) is 19.5. The maximum atomic E-state index is 12.3. The lowest BCUT2D eigenvalue weighted by Gasteiger charge is -2.62. The molecule has 30 heavy (non-hydrogen) atoms. The number of ether oxygens (including phenoxy) is 2. The molecule has 4 fully saturated rings. The summed E-state index contributed by atoms with van der Waals surface area (Å²) in [4.78, 5) is 23.2. The van der Waals surface area contributed by atoms with Crippen LogP contribution in [0.15, 0.2) is 0 Å². The number of carbonyl (C=O) groups excluding carboxylic acids is 2. The number of Topliss-reactive ketones (excluding diaryl/α,β-unsaturated/α-hetero) is 1. The fourth-order valence-electron chi connectivity index (χ4n) is 8.83. The Kier molecular flexibility index (Phi) is 6.48. The van der Waals surface area contributed by atoms with Gasteiger partial charge in [-0.3, -0.25) is 4.79 Å². The Balaban J connectivity index is 1.62. The van der Waals surface area contributed by atoms with E-state index in [9.17, 15) is 9.59 Å². The fraction of sp³-hybridized carbons (Fsp3) is 0.923. The second-order valence-corrected chi connectivity index (χ2v) is 11.5. The first-order valence-electron chi connectivity index (χ1n) is 12.4. The largest absolute Gasteiger partial charge is 0.359 e. The van der Waals surface area contributed by atoms with Crippen LogP contribution in [-0.2, 0) is 19.1 Å². The van der Waals surface area contributed by atoms with Gasteiger partial charge in [0, 0.05) is 26.4 Å². The highest BCUT2D eigenvalue weighted by Crippen LogP contribution is 2.68. The Bertz CT molecular complexity index is 647. The van der Waals surface area contributed by atoms with E-state index in [1.807, 2.05) is 0 Å². The third-order valence-corrected chi connectivity index (χ3v) is 10.4. The lowest BCUT2D eigenvalue weighted by atomic mass is 9.43. The molecule has 0 bridgehead atoms. The molecule has 4 aliphatic carbocycles. The van der Waals surface area contributed by atoms with Gasteiger partial charge in [-0.2, -0.15) is 0 Å². The monoisotopic (exact) mass is 418 g/mol. The van der Waals surface area contributed by atoms with E-state index >= 15 is 0 Å². The van der Waals surface area contributed by atoms with Gasteiger partial charge in [-0.1, -0.05) is 20.8 Å². The Labute approximate surface area is 182 Å². The Morgan fingerprint density at radius 3 is 2.63 bits per heavy atom. The van der Waals surface area contributed by atoms with Crippen molar-refractivity contribution >= 4 is 12.1 Å². The van der Waals surface area contributed by atoms with Crippen molar-refractivity contribution in [1.29, 1.82) is 0 Å². The molecule has 0 N–H and O–H groups in total. The summed E-state index contributed by atoms with van der Waals surface area (Å²) in [7, 11) is 1.71. The van der Waals surface area contributed by atoms with Gasteiger partial charge < -0.3 is 14.3 Å². The van der Waals surface area contributed by atoms with Crippen LogP contribution in [0.2, 0.25) is 0 Å². The number of ketones is 1. The van der Waals surface area contributed by atoms with Crippen LogP contribution in [0.5, 0.6) is 0 Å². The smallest absolute Gasteiger partial charge is 0.146 e.